The molecule has 4 heteroatoms. The van der Waals surface area contributed by atoms with Gasteiger partial charge >= 0.3 is 0 Å². The van der Waals surface area contributed by atoms with Crippen molar-refractivity contribution < 1.29 is 4.74 Å². The van der Waals surface area contributed by atoms with Crippen LogP contribution in [0.5, 0.6) is 0 Å². The fraction of sp³-hybridized carbons (Fsp3) is 0.765. The third-order valence-electron chi connectivity index (χ3n) is 4.78. The molecule has 0 saturated heterocycles. The zero-order valence-electron chi connectivity index (χ0n) is 14.2. The molecule has 0 radical (unpaired) electrons. The summed E-state index contributed by atoms with van der Waals surface area (Å²) in [5.74, 6) is 0.901. The quantitative estimate of drug-likeness (QED) is 0.791. The number of rotatable bonds is 2. The molecule has 1 aliphatic carbocycles. The number of hydrogen-bond donors (Lipinski definition) is 1. The molecule has 1 fully saturated rings. The molecule has 0 bridgehead atoms. The molecule has 2 rings (SSSR count). The number of H-pyrrole nitrogens is 1. The number of nitrogens with zero attached hydrogens (tertiary/aromatic N) is 1. The molecule has 0 unspecified atom stereocenters. The van der Waals surface area contributed by atoms with Crippen molar-refractivity contribution in [3.05, 3.63) is 22.2 Å². The summed E-state index contributed by atoms with van der Waals surface area (Å²) in [5.41, 5.74) is 1.22. The topological polar surface area (TPSA) is 37.9 Å². The van der Waals surface area contributed by atoms with Gasteiger partial charge in [0.1, 0.15) is 16.1 Å². The lowest BCUT2D eigenvalue weighted by Crippen LogP contribution is -2.38. The highest BCUT2D eigenvalue weighted by Gasteiger charge is 2.42. The van der Waals surface area contributed by atoms with Crippen LogP contribution in [0.4, 0.5) is 0 Å². The van der Waals surface area contributed by atoms with Crippen molar-refractivity contribution in [2.45, 2.75) is 71.3 Å². The summed E-state index contributed by atoms with van der Waals surface area (Å²) in [6.45, 7) is 11.2. The number of methoxy groups -OCH3 is 1. The fourth-order valence-corrected chi connectivity index (χ4v) is 3.15. The monoisotopic (exact) mass is 308 g/mol. The van der Waals surface area contributed by atoms with Crippen LogP contribution in [0.3, 0.4) is 0 Å². The Morgan fingerprint density at radius 1 is 1.19 bits per heavy atom. The molecule has 1 aliphatic rings. The van der Waals surface area contributed by atoms with E-state index < -0.39 is 0 Å². The van der Waals surface area contributed by atoms with Crippen LogP contribution in [-0.2, 0) is 15.8 Å². The Labute approximate surface area is 133 Å². The van der Waals surface area contributed by atoms with Crippen molar-refractivity contribution in [1.29, 1.82) is 0 Å². The molecule has 1 saturated carbocycles. The molecule has 0 atom stereocenters. The van der Waals surface area contributed by atoms with E-state index in [4.69, 9.17) is 17.0 Å². The fourth-order valence-electron chi connectivity index (χ4n) is 2.95. The van der Waals surface area contributed by atoms with Crippen LogP contribution in [0.2, 0.25) is 0 Å². The van der Waals surface area contributed by atoms with Gasteiger partial charge in [0.05, 0.1) is 0 Å². The third-order valence-corrected chi connectivity index (χ3v) is 4.99. The van der Waals surface area contributed by atoms with Crippen molar-refractivity contribution >= 4 is 12.2 Å². The van der Waals surface area contributed by atoms with Gasteiger partial charge < -0.3 is 9.72 Å². The molecule has 118 valence electrons. The van der Waals surface area contributed by atoms with Gasteiger partial charge in [0, 0.05) is 18.2 Å². The predicted octanol–water partition coefficient (Wildman–Crippen LogP) is 4.88. The van der Waals surface area contributed by atoms with E-state index in [-0.39, 0.29) is 11.0 Å². The van der Waals surface area contributed by atoms with E-state index in [0.717, 1.165) is 37.2 Å². The smallest absolute Gasteiger partial charge is 0.140 e. The summed E-state index contributed by atoms with van der Waals surface area (Å²) in [6, 6.07) is 1.97. The first-order valence-corrected chi connectivity index (χ1v) is 8.16. The van der Waals surface area contributed by atoms with Gasteiger partial charge in [-0.25, -0.2) is 4.98 Å². The predicted molar refractivity (Wildman–Crippen MR) is 89.1 cm³/mol. The lowest BCUT2D eigenvalue weighted by Gasteiger charge is -2.42. The van der Waals surface area contributed by atoms with E-state index in [0.29, 0.717) is 10.1 Å². The normalized spacial score (nSPS) is 21.2. The van der Waals surface area contributed by atoms with E-state index in [9.17, 15) is 0 Å². The van der Waals surface area contributed by atoms with Crippen LogP contribution >= 0.6 is 12.2 Å². The van der Waals surface area contributed by atoms with Crippen molar-refractivity contribution in [2.24, 2.45) is 5.41 Å². The minimum atomic E-state index is -0.315. The van der Waals surface area contributed by atoms with Crippen LogP contribution in [0.25, 0.3) is 0 Å². The first-order valence-electron chi connectivity index (χ1n) is 7.76. The largest absolute Gasteiger partial charge is 0.370 e. The Balaban J connectivity index is 2.44. The van der Waals surface area contributed by atoms with Crippen LogP contribution < -0.4 is 0 Å². The Morgan fingerprint density at radius 3 is 2.24 bits per heavy atom. The molecule has 3 nitrogen and oxygen atoms in total. The van der Waals surface area contributed by atoms with Gasteiger partial charge in [-0.1, -0.05) is 46.8 Å². The first-order chi connectivity index (χ1) is 9.58. The molecule has 1 heterocycles. The number of ether oxygens (including phenoxy) is 1. The number of aromatic amines is 1. The van der Waals surface area contributed by atoms with Gasteiger partial charge in [-0.3, -0.25) is 0 Å². The number of hydrogen-bond acceptors (Lipinski definition) is 3. The summed E-state index contributed by atoms with van der Waals surface area (Å²) >= 11 is 5.38. The van der Waals surface area contributed by atoms with Crippen LogP contribution in [0.1, 0.15) is 71.8 Å². The Bertz CT molecular complexity index is 559. The van der Waals surface area contributed by atoms with E-state index in [1.807, 2.05) is 6.07 Å². The zero-order chi connectivity index (χ0) is 15.9. The molecule has 0 spiro atoms. The van der Waals surface area contributed by atoms with Crippen LogP contribution in [0.15, 0.2) is 6.07 Å². The second-order valence-corrected chi connectivity index (χ2v) is 8.51. The lowest BCUT2D eigenvalue weighted by molar-refractivity contribution is -0.0732. The molecule has 21 heavy (non-hydrogen) atoms. The maximum absolute atomic E-state index is 5.94. The number of nitrogens with one attached hydrogen (secondary N) is 1. The average Bonchev–Trinajstić information content (AvgIpc) is 2.38. The van der Waals surface area contributed by atoms with E-state index >= 15 is 0 Å². The van der Waals surface area contributed by atoms with Gasteiger partial charge in [0.2, 0.25) is 0 Å². The first kappa shape index (κ1) is 16.6. The summed E-state index contributed by atoms with van der Waals surface area (Å²) in [5, 5.41) is 0. The zero-order valence-corrected chi connectivity index (χ0v) is 15.0. The van der Waals surface area contributed by atoms with E-state index in [1.165, 1.54) is 0 Å². The second kappa shape index (κ2) is 5.47. The molecular weight excluding hydrogens is 280 g/mol. The Kier molecular flexibility index (Phi) is 4.33. The summed E-state index contributed by atoms with van der Waals surface area (Å²) in [6.07, 6.45) is 4.26. The maximum atomic E-state index is 5.94. The van der Waals surface area contributed by atoms with Gasteiger partial charge in [0.15, 0.2) is 0 Å². The molecule has 0 aromatic carbocycles. The van der Waals surface area contributed by atoms with Crippen LogP contribution in [-0.4, -0.2) is 17.1 Å². The Morgan fingerprint density at radius 2 is 1.76 bits per heavy atom. The molecule has 1 aromatic heterocycles. The molecular formula is C17H28N2OS. The Hall–Kier alpha value is -0.740. The van der Waals surface area contributed by atoms with E-state index in [2.05, 4.69) is 44.6 Å². The number of aromatic nitrogens is 2. The lowest BCUT2D eigenvalue weighted by atomic mass is 9.70. The second-order valence-electron chi connectivity index (χ2n) is 8.09. The van der Waals surface area contributed by atoms with Crippen molar-refractivity contribution in [2.75, 3.05) is 7.11 Å². The maximum Gasteiger partial charge on any atom is 0.140 e. The summed E-state index contributed by atoms with van der Waals surface area (Å²) in [4.78, 5) is 8.11. The van der Waals surface area contributed by atoms with Gasteiger partial charge in [-0.15, -0.1) is 0 Å². The van der Waals surface area contributed by atoms with Crippen molar-refractivity contribution in [1.82, 2.24) is 9.97 Å². The van der Waals surface area contributed by atoms with Gasteiger partial charge in [-0.05, 0) is 37.2 Å². The summed E-state index contributed by atoms with van der Waals surface area (Å²) < 4.78 is 6.59. The van der Waals surface area contributed by atoms with Crippen molar-refractivity contribution in [3.8, 4) is 0 Å². The van der Waals surface area contributed by atoms with Gasteiger partial charge in [0.25, 0.3) is 0 Å². The highest BCUT2D eigenvalue weighted by molar-refractivity contribution is 7.71. The van der Waals surface area contributed by atoms with Gasteiger partial charge in [-0.2, -0.15) is 0 Å². The minimum Gasteiger partial charge on any atom is -0.370 e. The highest BCUT2D eigenvalue weighted by Crippen LogP contribution is 2.46. The third kappa shape index (κ3) is 3.54. The molecule has 0 aliphatic heterocycles. The average molecular weight is 308 g/mol. The standard InChI is InChI=1S/C17H28N2OS/c1-15(2,3)12-11-13(21)19-14(18-12)17(20-6)9-7-16(4,5)8-10-17/h11H,7-10H2,1-6H3,(H,18,19,21). The SMILES string of the molecule is COC1(c2nc(=S)cc(C(C)(C)C)[nH]2)CCC(C)(C)CC1. The molecule has 0 amide bonds. The molecule has 1 aromatic rings. The highest BCUT2D eigenvalue weighted by atomic mass is 32.1. The van der Waals surface area contributed by atoms with Crippen LogP contribution in [0, 0.1) is 10.1 Å². The van der Waals surface area contributed by atoms with Crippen molar-refractivity contribution in [3.63, 3.8) is 0 Å². The minimum absolute atomic E-state index is 0.0219. The summed E-state index contributed by atoms with van der Waals surface area (Å²) in [7, 11) is 1.79. The van der Waals surface area contributed by atoms with E-state index in [1.54, 1.807) is 7.11 Å². The molecule has 1 N–H and O–H groups in total.